The number of rotatable bonds is 16. The fraction of sp³-hybridized carbons (Fsp3) is 0.800. The van der Waals surface area contributed by atoms with Crippen molar-refractivity contribution in [2.24, 2.45) is 40.9 Å². The Bertz CT molecular complexity index is 1630. The van der Waals surface area contributed by atoms with Gasteiger partial charge in [-0.05, 0) is 141 Å². The molecule has 1 aromatic heterocycles. The Hall–Kier alpha value is -1.55. The number of hydrogen-bond donors (Lipinski definition) is 0. The summed E-state index contributed by atoms with van der Waals surface area (Å²) in [5.41, 5.74) is 3.50. The number of hydrogen-bond acceptors (Lipinski definition) is 5. The molecule has 0 aromatic carbocycles. The third-order valence-corrected chi connectivity index (χ3v) is 25.3. The lowest BCUT2D eigenvalue weighted by Crippen LogP contribution is -2.53. The third kappa shape index (κ3) is 10.2. The zero-order chi connectivity index (χ0) is 42.4. The van der Waals surface area contributed by atoms with Crippen LogP contribution in [0.25, 0.3) is 0 Å². The van der Waals surface area contributed by atoms with E-state index in [0.717, 1.165) is 37.0 Å². The first-order chi connectivity index (χ1) is 26.4. The Labute approximate surface area is 352 Å². The Morgan fingerprint density at radius 3 is 2.26 bits per heavy atom. The van der Waals surface area contributed by atoms with Crippen LogP contribution in [0.2, 0.25) is 36.3 Å². The van der Waals surface area contributed by atoms with Crippen LogP contribution in [0.15, 0.2) is 46.1 Å². The molecule has 4 aliphatic carbocycles. The fourth-order valence-corrected chi connectivity index (χ4v) is 13.3. The summed E-state index contributed by atoms with van der Waals surface area (Å²) < 4.78 is 21.7. The maximum Gasteiger partial charge on any atom is 0.225 e. The average molecular weight is 820 g/mol. The molecule has 7 atom stereocenters. The predicted molar refractivity (Wildman–Crippen MR) is 244 cm³/mol. The summed E-state index contributed by atoms with van der Waals surface area (Å²) in [6.45, 7) is 39.8. The maximum atomic E-state index is 13.2. The Kier molecular flexibility index (Phi) is 14.2. The summed E-state index contributed by atoms with van der Waals surface area (Å²) in [4.78, 5) is 18.2. The molecule has 0 saturated heterocycles. The second-order valence-electron chi connectivity index (χ2n) is 22.9. The van der Waals surface area contributed by atoms with E-state index >= 15 is 0 Å². The van der Waals surface area contributed by atoms with Gasteiger partial charge in [0.2, 0.25) is 5.89 Å². The summed E-state index contributed by atoms with van der Waals surface area (Å²) in [6.07, 6.45) is 22.2. The lowest BCUT2D eigenvalue weighted by atomic mass is 9.60. The maximum absolute atomic E-state index is 13.2. The molecular weight excluding hydrogens is 735 g/mol. The number of allylic oxidation sites excluding steroid dienone is 3. The van der Waals surface area contributed by atoms with Crippen LogP contribution in [0.3, 0.4) is 0 Å². The first kappa shape index (κ1) is 46.5. The van der Waals surface area contributed by atoms with Gasteiger partial charge < -0.3 is 13.3 Å². The van der Waals surface area contributed by atoms with Crippen molar-refractivity contribution in [1.82, 2.24) is 4.98 Å². The first-order valence-electron chi connectivity index (χ1n) is 23.3. The molecule has 1 heterocycles. The number of aryl methyl sites for hydroxylation is 1. The molecule has 1 aromatic rings. The highest BCUT2D eigenvalue weighted by atomic mass is 28.4. The summed E-state index contributed by atoms with van der Waals surface area (Å²) in [5.74, 6) is 5.20. The van der Waals surface area contributed by atoms with Crippen molar-refractivity contribution in [2.75, 3.05) is 0 Å². The van der Waals surface area contributed by atoms with Crippen molar-refractivity contribution in [2.45, 2.75) is 214 Å². The number of fused-ring (bicyclic) bond motifs is 1. The number of ketones is 1. The first-order valence-corrected chi connectivity index (χ1v) is 29.1. The molecule has 4 saturated carbocycles. The van der Waals surface area contributed by atoms with E-state index in [0.29, 0.717) is 53.6 Å². The topological polar surface area (TPSA) is 61.6 Å². The number of Topliss-reactive ketones (excluding diaryl/α,β-unsaturated/α-hetero) is 1. The fourth-order valence-electron chi connectivity index (χ4n) is 10.4. The SMILES string of the molecule is C=C1/C(=C\C=C2/CCC[C@]3(C)[C@@H]([C@H](C)CCC(C(=O)C(C)C)C4CC4)CC[C@@H]23)C[C@](O[Si](C)(C)C(C)(C)C)(c2ncc(CCCC)o2)C[C@@H]1O[Si](C)(C)C(C)(C)C. The van der Waals surface area contributed by atoms with Crippen LogP contribution in [-0.2, 0) is 25.7 Å². The summed E-state index contributed by atoms with van der Waals surface area (Å²) in [7, 11) is -4.49. The van der Waals surface area contributed by atoms with Crippen LogP contribution in [0.5, 0.6) is 0 Å². The van der Waals surface area contributed by atoms with Gasteiger partial charge in [0, 0.05) is 31.1 Å². The molecule has 57 heavy (non-hydrogen) atoms. The average Bonchev–Trinajstić information content (AvgIpc) is 3.70. The number of carbonyl (C=O) groups excluding carboxylic acids is 1. The van der Waals surface area contributed by atoms with Crippen molar-refractivity contribution in [3.8, 4) is 0 Å². The molecular formula is C50H85NO4Si2. The number of unbranched alkanes of at least 4 members (excludes halogenated alkanes) is 1. The lowest BCUT2D eigenvalue weighted by Gasteiger charge is -2.50. The van der Waals surface area contributed by atoms with Crippen LogP contribution < -0.4 is 0 Å². The van der Waals surface area contributed by atoms with Gasteiger partial charge in [-0.3, -0.25) is 4.79 Å². The third-order valence-electron chi connectivity index (χ3n) is 16.3. The number of nitrogens with zero attached hydrogens (tertiary/aromatic N) is 1. The molecule has 7 heteroatoms. The van der Waals surface area contributed by atoms with Gasteiger partial charge in [-0.15, -0.1) is 0 Å². The van der Waals surface area contributed by atoms with Gasteiger partial charge in [0.15, 0.2) is 16.6 Å². The standard InChI is InChI=1S/C50H85NO4Si2/c1-17-18-21-40-33-51-46(53-40)50(55-57(15,16)48(9,10)11)31-39(36(5)44(32-50)54-56(13,14)47(6,7)8)26-25-38-20-19-30-49(12)42(28-29-43(38)49)35(4)22-27-41(37-23-24-37)45(52)34(2)3/h25-26,33-35,37,41-44H,5,17-24,27-32H2,1-4,6-16H3/b38-25+,39-26-/t35-,41?,42-,43+,44+,49-,50-/m1/s1. The normalized spacial score (nSPS) is 30.3. The van der Waals surface area contributed by atoms with E-state index in [1.807, 2.05) is 6.20 Å². The quantitative estimate of drug-likeness (QED) is 0.155. The second kappa shape index (κ2) is 17.4. The molecule has 5 rings (SSSR count). The lowest BCUT2D eigenvalue weighted by molar-refractivity contribution is -0.126. The van der Waals surface area contributed by atoms with Crippen LogP contribution in [0.1, 0.15) is 171 Å². The highest BCUT2D eigenvalue weighted by Gasteiger charge is 2.54. The Balaban J connectivity index is 1.49. The van der Waals surface area contributed by atoms with Crippen molar-refractivity contribution in [3.63, 3.8) is 0 Å². The number of oxazole rings is 1. The molecule has 0 radical (unpaired) electrons. The van der Waals surface area contributed by atoms with Crippen molar-refractivity contribution in [1.29, 1.82) is 0 Å². The molecule has 0 spiro atoms. The Morgan fingerprint density at radius 2 is 1.67 bits per heavy atom. The van der Waals surface area contributed by atoms with Gasteiger partial charge in [-0.2, -0.15) is 0 Å². The molecule has 4 aliphatic rings. The smallest absolute Gasteiger partial charge is 0.225 e. The van der Waals surface area contributed by atoms with E-state index < -0.39 is 22.2 Å². The summed E-state index contributed by atoms with van der Waals surface area (Å²) in [5, 5.41) is 0.0699. The van der Waals surface area contributed by atoms with E-state index in [1.54, 1.807) is 5.57 Å². The molecule has 0 amide bonds. The predicted octanol–water partition coefficient (Wildman–Crippen LogP) is 14.7. The molecule has 0 aliphatic heterocycles. The molecule has 5 nitrogen and oxygen atoms in total. The highest BCUT2D eigenvalue weighted by Crippen LogP contribution is 2.60. The van der Waals surface area contributed by atoms with E-state index in [9.17, 15) is 4.79 Å². The minimum Gasteiger partial charge on any atom is -0.443 e. The van der Waals surface area contributed by atoms with Gasteiger partial charge in [-0.1, -0.05) is 107 Å². The van der Waals surface area contributed by atoms with Gasteiger partial charge in [0.25, 0.3) is 0 Å². The number of carbonyl (C=O) groups is 1. The molecule has 0 bridgehead atoms. The van der Waals surface area contributed by atoms with E-state index in [4.69, 9.17) is 24.8 Å². The van der Waals surface area contributed by atoms with Gasteiger partial charge >= 0.3 is 0 Å². The van der Waals surface area contributed by atoms with Crippen LogP contribution >= 0.6 is 0 Å². The molecule has 4 fully saturated rings. The van der Waals surface area contributed by atoms with Crippen molar-refractivity contribution >= 4 is 22.4 Å². The van der Waals surface area contributed by atoms with E-state index in [2.05, 4.69) is 115 Å². The summed E-state index contributed by atoms with van der Waals surface area (Å²) >= 11 is 0. The minimum atomic E-state index is -2.31. The zero-order valence-corrected chi connectivity index (χ0v) is 41.5. The minimum absolute atomic E-state index is 0.0131. The summed E-state index contributed by atoms with van der Waals surface area (Å²) in [6, 6.07) is 0. The van der Waals surface area contributed by atoms with Gasteiger partial charge in [0.1, 0.15) is 17.1 Å². The van der Waals surface area contributed by atoms with Crippen molar-refractivity contribution < 1.29 is 18.1 Å². The van der Waals surface area contributed by atoms with Gasteiger partial charge in [-0.25, -0.2) is 4.98 Å². The molecule has 1 unspecified atom stereocenters. The number of aromatic nitrogens is 1. The van der Waals surface area contributed by atoms with Gasteiger partial charge in [0.05, 0.1) is 12.3 Å². The monoisotopic (exact) mass is 820 g/mol. The zero-order valence-electron chi connectivity index (χ0n) is 39.5. The molecule has 0 N–H and O–H groups in total. The van der Waals surface area contributed by atoms with Crippen LogP contribution in [0.4, 0.5) is 0 Å². The highest BCUT2D eigenvalue weighted by molar-refractivity contribution is 6.74. The Morgan fingerprint density at radius 1 is 1.00 bits per heavy atom. The van der Waals surface area contributed by atoms with Crippen molar-refractivity contribution in [3.05, 3.63) is 53.3 Å². The van der Waals surface area contributed by atoms with E-state index in [-0.39, 0.29) is 28.0 Å². The van der Waals surface area contributed by atoms with Crippen LogP contribution in [-0.4, -0.2) is 33.5 Å². The van der Waals surface area contributed by atoms with E-state index in [1.165, 1.54) is 56.9 Å². The largest absolute Gasteiger partial charge is 0.443 e. The van der Waals surface area contributed by atoms with Crippen LogP contribution in [0, 0.1) is 40.9 Å². The molecule has 322 valence electrons. The second-order valence-corrected chi connectivity index (χ2v) is 32.4.